The smallest absolute Gasteiger partial charge is 0.317 e. The number of rotatable bonds is 6. The van der Waals surface area contributed by atoms with Gasteiger partial charge in [0.1, 0.15) is 5.82 Å². The maximum atomic E-state index is 13.1. The van der Waals surface area contributed by atoms with Gasteiger partial charge in [-0.1, -0.05) is 36.4 Å². The van der Waals surface area contributed by atoms with E-state index < -0.39 is 0 Å². The van der Waals surface area contributed by atoms with Gasteiger partial charge in [-0.05, 0) is 41.8 Å². The van der Waals surface area contributed by atoms with Gasteiger partial charge in [0, 0.05) is 26.0 Å². The van der Waals surface area contributed by atoms with E-state index in [4.69, 9.17) is 0 Å². The number of nitrogens with one attached hydrogen (secondary N) is 1. The molecule has 1 atom stereocenters. The predicted octanol–water partition coefficient (Wildman–Crippen LogP) is 3.97. The molecule has 0 spiro atoms. The number of halogens is 1. The lowest BCUT2D eigenvalue weighted by atomic mass is 10.1. The zero-order valence-corrected chi connectivity index (χ0v) is 15.5. The molecule has 1 heterocycles. The van der Waals surface area contributed by atoms with Crippen LogP contribution in [-0.4, -0.2) is 27.8 Å². The van der Waals surface area contributed by atoms with Crippen molar-refractivity contribution in [1.29, 1.82) is 0 Å². The van der Waals surface area contributed by atoms with E-state index in [-0.39, 0.29) is 17.9 Å². The molecular weight excluding hydrogens is 343 g/mol. The Hall–Kier alpha value is -3.15. The molecule has 2 amide bonds. The zero-order valence-electron chi connectivity index (χ0n) is 15.5. The number of hydrogen-bond donors (Lipinski definition) is 1. The highest BCUT2D eigenvalue weighted by molar-refractivity contribution is 5.74. The second-order valence-corrected chi connectivity index (χ2v) is 6.52. The van der Waals surface area contributed by atoms with Gasteiger partial charge in [-0.25, -0.2) is 9.18 Å². The minimum absolute atomic E-state index is 0.156. The molecule has 6 heteroatoms. The molecule has 0 aliphatic heterocycles. The maximum Gasteiger partial charge on any atom is 0.317 e. The molecule has 5 nitrogen and oxygen atoms in total. The van der Waals surface area contributed by atoms with E-state index in [9.17, 15) is 9.18 Å². The van der Waals surface area contributed by atoms with E-state index in [0.717, 1.165) is 16.7 Å². The maximum absolute atomic E-state index is 13.1. The number of hydrogen-bond acceptors (Lipinski definition) is 2. The van der Waals surface area contributed by atoms with Crippen molar-refractivity contribution in [2.75, 3.05) is 7.05 Å². The molecular formula is C21H23FN4O. The van der Waals surface area contributed by atoms with Crippen molar-refractivity contribution < 1.29 is 9.18 Å². The van der Waals surface area contributed by atoms with Crippen molar-refractivity contribution in [3.05, 3.63) is 89.5 Å². The summed E-state index contributed by atoms with van der Waals surface area (Å²) in [4.78, 5) is 14.1. The van der Waals surface area contributed by atoms with E-state index in [0.29, 0.717) is 13.1 Å². The van der Waals surface area contributed by atoms with Crippen molar-refractivity contribution in [2.24, 2.45) is 0 Å². The Morgan fingerprint density at radius 2 is 1.93 bits per heavy atom. The number of carbonyl (C=O) groups is 1. The monoisotopic (exact) mass is 366 g/mol. The largest absolute Gasteiger partial charge is 0.334 e. The van der Waals surface area contributed by atoms with Crippen LogP contribution in [0.15, 0.2) is 67.0 Å². The summed E-state index contributed by atoms with van der Waals surface area (Å²) in [6.45, 7) is 3.04. The summed E-state index contributed by atoms with van der Waals surface area (Å²) in [6, 6.07) is 15.8. The third kappa shape index (κ3) is 4.94. The van der Waals surface area contributed by atoms with E-state index in [1.807, 2.05) is 42.1 Å². The lowest BCUT2D eigenvalue weighted by molar-refractivity contribution is 0.194. The molecule has 2 aromatic carbocycles. The fourth-order valence-electron chi connectivity index (χ4n) is 2.86. The third-order valence-corrected chi connectivity index (χ3v) is 4.59. The lowest BCUT2D eigenvalue weighted by Gasteiger charge is -2.25. The molecule has 0 bridgehead atoms. The van der Waals surface area contributed by atoms with Gasteiger partial charge >= 0.3 is 6.03 Å². The van der Waals surface area contributed by atoms with Gasteiger partial charge in [-0.2, -0.15) is 5.10 Å². The fraction of sp³-hybridized carbons (Fsp3) is 0.238. The Balaban J connectivity index is 1.57. The molecule has 27 heavy (non-hydrogen) atoms. The quantitative estimate of drug-likeness (QED) is 0.718. The second-order valence-electron chi connectivity index (χ2n) is 6.52. The van der Waals surface area contributed by atoms with Crippen LogP contribution in [0.1, 0.15) is 29.7 Å². The molecule has 0 saturated carbocycles. The van der Waals surface area contributed by atoms with E-state index >= 15 is 0 Å². The van der Waals surface area contributed by atoms with Crippen LogP contribution in [0.3, 0.4) is 0 Å². The first kappa shape index (κ1) is 18.6. The Kier molecular flexibility index (Phi) is 5.86. The highest BCUT2D eigenvalue weighted by Crippen LogP contribution is 2.19. The molecule has 3 aromatic rings. The number of urea groups is 1. The fourth-order valence-corrected chi connectivity index (χ4v) is 2.86. The van der Waals surface area contributed by atoms with Gasteiger partial charge in [0.25, 0.3) is 0 Å². The van der Waals surface area contributed by atoms with Gasteiger partial charge in [0.05, 0.1) is 12.6 Å². The van der Waals surface area contributed by atoms with Crippen LogP contribution in [0, 0.1) is 5.82 Å². The minimum Gasteiger partial charge on any atom is -0.334 e. The van der Waals surface area contributed by atoms with Gasteiger partial charge in [0.15, 0.2) is 0 Å². The molecule has 0 fully saturated rings. The van der Waals surface area contributed by atoms with E-state index in [2.05, 4.69) is 16.5 Å². The molecule has 0 radical (unpaired) electrons. The van der Waals surface area contributed by atoms with Crippen LogP contribution in [-0.2, 0) is 13.1 Å². The molecule has 0 aliphatic rings. The SMILES string of the molecule is CC(c1ccc(F)cc1)N(C)C(=O)NCc1cccc(Cn2cccn2)c1. The second kappa shape index (κ2) is 8.49. The lowest BCUT2D eigenvalue weighted by Crippen LogP contribution is -2.38. The Morgan fingerprint density at radius 3 is 2.63 bits per heavy atom. The van der Waals surface area contributed by atoms with Crippen molar-refractivity contribution in [3.8, 4) is 0 Å². The van der Waals surface area contributed by atoms with Crippen LogP contribution in [0.5, 0.6) is 0 Å². The highest BCUT2D eigenvalue weighted by atomic mass is 19.1. The highest BCUT2D eigenvalue weighted by Gasteiger charge is 2.17. The summed E-state index contributed by atoms with van der Waals surface area (Å²) in [5.74, 6) is -0.284. The summed E-state index contributed by atoms with van der Waals surface area (Å²) < 4.78 is 14.9. The summed E-state index contributed by atoms with van der Waals surface area (Å²) in [5.41, 5.74) is 3.03. The molecule has 140 valence electrons. The molecule has 1 N–H and O–H groups in total. The predicted molar refractivity (Wildman–Crippen MR) is 103 cm³/mol. The van der Waals surface area contributed by atoms with Gasteiger partial charge < -0.3 is 10.2 Å². The number of nitrogens with zero attached hydrogens (tertiary/aromatic N) is 3. The van der Waals surface area contributed by atoms with Gasteiger partial charge in [-0.3, -0.25) is 4.68 Å². The average molecular weight is 366 g/mol. The summed E-state index contributed by atoms with van der Waals surface area (Å²) in [6.07, 6.45) is 3.67. The van der Waals surface area contributed by atoms with Crippen molar-refractivity contribution in [1.82, 2.24) is 20.0 Å². The first-order valence-electron chi connectivity index (χ1n) is 8.84. The van der Waals surface area contributed by atoms with Crippen LogP contribution in [0.4, 0.5) is 9.18 Å². The van der Waals surface area contributed by atoms with Gasteiger partial charge in [0.2, 0.25) is 0 Å². The first-order valence-corrected chi connectivity index (χ1v) is 8.84. The van der Waals surface area contributed by atoms with Crippen LogP contribution in [0.2, 0.25) is 0 Å². The molecule has 1 unspecified atom stereocenters. The zero-order chi connectivity index (χ0) is 19.2. The van der Waals surface area contributed by atoms with Crippen molar-refractivity contribution >= 4 is 6.03 Å². The number of amides is 2. The van der Waals surface area contributed by atoms with Crippen LogP contribution < -0.4 is 5.32 Å². The first-order chi connectivity index (χ1) is 13.0. The molecule has 0 saturated heterocycles. The molecule has 1 aromatic heterocycles. The summed E-state index contributed by atoms with van der Waals surface area (Å²) in [7, 11) is 1.73. The minimum atomic E-state index is -0.284. The summed E-state index contributed by atoms with van der Waals surface area (Å²) >= 11 is 0. The third-order valence-electron chi connectivity index (χ3n) is 4.59. The number of benzene rings is 2. The topological polar surface area (TPSA) is 50.2 Å². The number of aromatic nitrogens is 2. The normalized spacial score (nSPS) is 11.8. The standard InChI is InChI=1S/C21H23FN4O/c1-16(19-7-9-20(22)10-8-19)25(2)21(27)23-14-17-5-3-6-18(13-17)15-26-12-4-11-24-26/h3-13,16H,14-15H2,1-2H3,(H,23,27). The molecule has 3 rings (SSSR count). The van der Waals surface area contributed by atoms with E-state index in [1.165, 1.54) is 12.1 Å². The van der Waals surface area contributed by atoms with Gasteiger partial charge in [-0.15, -0.1) is 0 Å². The molecule has 0 aliphatic carbocycles. The van der Waals surface area contributed by atoms with Crippen molar-refractivity contribution in [3.63, 3.8) is 0 Å². The van der Waals surface area contributed by atoms with Crippen molar-refractivity contribution in [2.45, 2.75) is 26.1 Å². The Bertz CT molecular complexity index is 877. The van der Waals surface area contributed by atoms with E-state index in [1.54, 1.807) is 30.3 Å². The number of carbonyl (C=O) groups excluding carboxylic acids is 1. The Labute approximate surface area is 158 Å². The van der Waals surface area contributed by atoms with Crippen LogP contribution in [0.25, 0.3) is 0 Å². The average Bonchev–Trinajstić information content (AvgIpc) is 3.19. The Morgan fingerprint density at radius 1 is 1.19 bits per heavy atom. The van der Waals surface area contributed by atoms with Crippen LogP contribution >= 0.6 is 0 Å². The summed E-state index contributed by atoms with van der Waals surface area (Å²) in [5, 5.41) is 7.15.